The molecule has 0 aliphatic rings. The van der Waals surface area contributed by atoms with E-state index in [1.807, 2.05) is 0 Å². The van der Waals surface area contributed by atoms with Crippen molar-refractivity contribution < 1.29 is 9.59 Å². The number of primary amides is 1. The Balaban J connectivity index is 3.18. The second-order valence-corrected chi connectivity index (χ2v) is 4.11. The largest absolute Gasteiger partial charge is 0.368 e. The van der Waals surface area contributed by atoms with Crippen molar-refractivity contribution in [1.82, 2.24) is 5.32 Å². The van der Waals surface area contributed by atoms with Crippen LogP contribution in [0.15, 0.2) is 0 Å². The molecule has 0 bridgehead atoms. The number of rotatable bonds is 10. The molecule has 4 heteroatoms. The third-order valence-corrected chi connectivity index (χ3v) is 2.47. The van der Waals surface area contributed by atoms with Gasteiger partial charge in [0.1, 0.15) is 0 Å². The van der Waals surface area contributed by atoms with E-state index in [-0.39, 0.29) is 12.5 Å². The van der Waals surface area contributed by atoms with Crippen LogP contribution >= 0.6 is 0 Å². The molecule has 0 spiro atoms. The Labute approximate surface area is 98.0 Å². The topological polar surface area (TPSA) is 72.2 Å². The summed E-state index contributed by atoms with van der Waals surface area (Å²) in [5.41, 5.74) is 4.91. The minimum Gasteiger partial charge on any atom is -0.368 e. The normalized spacial score (nSPS) is 10.1. The van der Waals surface area contributed by atoms with Crippen LogP contribution in [-0.4, -0.2) is 18.4 Å². The molecule has 0 heterocycles. The average molecular weight is 228 g/mol. The van der Waals surface area contributed by atoms with Gasteiger partial charge in [-0.25, -0.2) is 0 Å². The lowest BCUT2D eigenvalue weighted by molar-refractivity contribution is -0.124. The van der Waals surface area contributed by atoms with Crippen LogP contribution < -0.4 is 11.1 Å². The van der Waals surface area contributed by atoms with Gasteiger partial charge in [0.15, 0.2) is 0 Å². The van der Waals surface area contributed by atoms with Crippen LogP contribution in [0.4, 0.5) is 0 Å². The van der Waals surface area contributed by atoms with E-state index in [0.717, 1.165) is 12.8 Å². The van der Waals surface area contributed by atoms with Crippen LogP contribution in [0.5, 0.6) is 0 Å². The van der Waals surface area contributed by atoms with E-state index in [4.69, 9.17) is 5.73 Å². The molecular formula is C12H24N2O2. The number of hydrogen-bond acceptors (Lipinski definition) is 2. The van der Waals surface area contributed by atoms with E-state index in [0.29, 0.717) is 6.42 Å². The van der Waals surface area contributed by atoms with Crippen LogP contribution in [0, 0.1) is 0 Å². The Hall–Kier alpha value is -1.06. The number of nitrogens with one attached hydrogen (secondary N) is 1. The van der Waals surface area contributed by atoms with E-state index >= 15 is 0 Å². The molecule has 0 unspecified atom stereocenters. The summed E-state index contributed by atoms with van der Waals surface area (Å²) >= 11 is 0. The summed E-state index contributed by atoms with van der Waals surface area (Å²) < 4.78 is 0. The molecule has 4 nitrogen and oxygen atoms in total. The standard InChI is InChI=1S/C12H24N2O2/c1-2-3-4-5-6-7-8-9-12(16)14-10-11(13)15/h2-10H2,1H3,(H2,13,15)(H,14,16). The fourth-order valence-corrected chi connectivity index (χ4v) is 1.52. The van der Waals surface area contributed by atoms with Gasteiger partial charge in [-0.1, -0.05) is 45.4 Å². The lowest BCUT2D eigenvalue weighted by atomic mass is 10.1. The zero-order valence-corrected chi connectivity index (χ0v) is 10.3. The molecule has 0 aliphatic carbocycles. The molecule has 94 valence electrons. The quantitative estimate of drug-likeness (QED) is 0.559. The fraction of sp³-hybridized carbons (Fsp3) is 0.833. The Morgan fingerprint density at radius 2 is 1.56 bits per heavy atom. The first-order valence-corrected chi connectivity index (χ1v) is 6.21. The molecule has 2 amide bonds. The van der Waals surface area contributed by atoms with E-state index in [1.165, 1.54) is 32.1 Å². The van der Waals surface area contributed by atoms with E-state index in [1.54, 1.807) is 0 Å². The number of nitrogens with two attached hydrogens (primary N) is 1. The SMILES string of the molecule is CCCCCCCCCC(=O)NCC(N)=O. The van der Waals surface area contributed by atoms with Gasteiger partial charge in [-0.3, -0.25) is 9.59 Å². The number of carbonyl (C=O) groups excluding carboxylic acids is 2. The summed E-state index contributed by atoms with van der Waals surface area (Å²) in [4.78, 5) is 21.6. The van der Waals surface area contributed by atoms with Gasteiger partial charge >= 0.3 is 0 Å². The zero-order chi connectivity index (χ0) is 12.2. The highest BCUT2D eigenvalue weighted by Crippen LogP contribution is 2.08. The molecule has 0 rings (SSSR count). The van der Waals surface area contributed by atoms with Crippen LogP contribution in [0.2, 0.25) is 0 Å². The molecular weight excluding hydrogens is 204 g/mol. The second-order valence-electron chi connectivity index (χ2n) is 4.11. The van der Waals surface area contributed by atoms with Crippen molar-refractivity contribution in [2.24, 2.45) is 5.73 Å². The molecule has 0 fully saturated rings. The van der Waals surface area contributed by atoms with Crippen molar-refractivity contribution in [3.8, 4) is 0 Å². The molecule has 0 saturated carbocycles. The average Bonchev–Trinajstić information content (AvgIpc) is 2.25. The van der Waals surface area contributed by atoms with Gasteiger partial charge in [0.2, 0.25) is 11.8 Å². The molecule has 0 saturated heterocycles. The van der Waals surface area contributed by atoms with Crippen molar-refractivity contribution in [3.63, 3.8) is 0 Å². The van der Waals surface area contributed by atoms with Gasteiger partial charge in [0.05, 0.1) is 6.54 Å². The summed E-state index contributed by atoms with van der Waals surface area (Å²) in [5, 5.41) is 2.48. The van der Waals surface area contributed by atoms with E-state index in [2.05, 4.69) is 12.2 Å². The van der Waals surface area contributed by atoms with Gasteiger partial charge < -0.3 is 11.1 Å². The minimum absolute atomic E-state index is 0.0463. The van der Waals surface area contributed by atoms with Crippen molar-refractivity contribution in [2.45, 2.75) is 58.3 Å². The molecule has 0 aromatic heterocycles. The molecule has 0 atom stereocenters. The van der Waals surface area contributed by atoms with Gasteiger partial charge in [-0.15, -0.1) is 0 Å². The van der Waals surface area contributed by atoms with Gasteiger partial charge in [0, 0.05) is 6.42 Å². The summed E-state index contributed by atoms with van der Waals surface area (Å²) in [6, 6.07) is 0. The molecule has 16 heavy (non-hydrogen) atoms. The first-order chi connectivity index (χ1) is 7.66. The van der Waals surface area contributed by atoms with Gasteiger partial charge in [-0.2, -0.15) is 0 Å². The zero-order valence-electron chi connectivity index (χ0n) is 10.3. The lowest BCUT2D eigenvalue weighted by Crippen LogP contribution is -2.33. The summed E-state index contributed by atoms with van der Waals surface area (Å²) in [7, 11) is 0. The van der Waals surface area contributed by atoms with Crippen molar-refractivity contribution in [2.75, 3.05) is 6.54 Å². The predicted octanol–water partition coefficient (Wildman–Crippen LogP) is 1.73. The maximum atomic E-state index is 11.2. The van der Waals surface area contributed by atoms with Crippen LogP contribution in [0.3, 0.4) is 0 Å². The van der Waals surface area contributed by atoms with E-state index < -0.39 is 5.91 Å². The highest BCUT2D eigenvalue weighted by atomic mass is 16.2. The third kappa shape index (κ3) is 11.0. The Morgan fingerprint density at radius 3 is 2.12 bits per heavy atom. The van der Waals surface area contributed by atoms with Crippen LogP contribution in [0.25, 0.3) is 0 Å². The summed E-state index contributed by atoms with van der Waals surface area (Å²) in [6.45, 7) is 2.15. The molecule has 0 aromatic carbocycles. The monoisotopic (exact) mass is 228 g/mol. The lowest BCUT2D eigenvalue weighted by Gasteiger charge is -2.02. The van der Waals surface area contributed by atoms with Crippen molar-refractivity contribution in [3.05, 3.63) is 0 Å². The second kappa shape index (κ2) is 10.5. The van der Waals surface area contributed by atoms with E-state index in [9.17, 15) is 9.59 Å². The highest BCUT2D eigenvalue weighted by Gasteiger charge is 2.01. The maximum Gasteiger partial charge on any atom is 0.236 e. The molecule has 0 aliphatic heterocycles. The van der Waals surface area contributed by atoms with Gasteiger partial charge in [-0.05, 0) is 6.42 Å². The minimum atomic E-state index is -0.493. The Bertz CT molecular complexity index is 205. The summed E-state index contributed by atoms with van der Waals surface area (Å²) in [5.74, 6) is -0.569. The first-order valence-electron chi connectivity index (χ1n) is 6.21. The highest BCUT2D eigenvalue weighted by molar-refractivity contribution is 5.83. The predicted molar refractivity (Wildman–Crippen MR) is 64.8 cm³/mol. The first kappa shape index (κ1) is 14.9. The third-order valence-electron chi connectivity index (χ3n) is 2.47. The molecule has 0 radical (unpaired) electrons. The van der Waals surface area contributed by atoms with Crippen molar-refractivity contribution in [1.29, 1.82) is 0 Å². The smallest absolute Gasteiger partial charge is 0.236 e. The van der Waals surface area contributed by atoms with Crippen LogP contribution in [-0.2, 0) is 9.59 Å². The van der Waals surface area contributed by atoms with Gasteiger partial charge in [0.25, 0.3) is 0 Å². The van der Waals surface area contributed by atoms with Crippen LogP contribution in [0.1, 0.15) is 58.3 Å². The van der Waals surface area contributed by atoms with Crippen molar-refractivity contribution >= 4 is 11.8 Å². The molecule has 3 N–H and O–H groups in total. The number of carbonyl (C=O) groups is 2. The Morgan fingerprint density at radius 1 is 1.00 bits per heavy atom. The summed E-state index contributed by atoms with van der Waals surface area (Å²) in [6.07, 6.45) is 8.81. The number of unbranched alkanes of at least 4 members (excludes halogenated alkanes) is 6. The fourth-order valence-electron chi connectivity index (χ4n) is 1.52. The number of amides is 2. The Kier molecular flexibility index (Phi) is 9.76. The number of hydrogen-bond donors (Lipinski definition) is 2. The maximum absolute atomic E-state index is 11.2. The molecule has 0 aromatic rings.